The molecule has 0 radical (unpaired) electrons. The number of amides is 1. The molecule has 26 heavy (non-hydrogen) atoms. The number of sulfonamides is 1. The topological polar surface area (TPSA) is 84.7 Å². The summed E-state index contributed by atoms with van der Waals surface area (Å²) in [7, 11) is -3.63. The SMILES string of the molecule is Cc1nn(CC(=O)N2CCCC(C)C2)c(C)c1S(=O)(=O)N1CCOCC1. The third kappa shape index (κ3) is 3.79. The molecule has 0 N–H and O–H groups in total. The lowest BCUT2D eigenvalue weighted by atomic mass is 10.0. The Balaban J connectivity index is 1.80. The summed E-state index contributed by atoms with van der Waals surface area (Å²) in [6, 6.07) is 0. The first-order chi connectivity index (χ1) is 12.3. The van der Waals surface area contributed by atoms with Crippen LogP contribution in [0, 0.1) is 19.8 Å². The quantitative estimate of drug-likeness (QED) is 0.766. The second kappa shape index (κ2) is 7.66. The molecule has 9 heteroatoms. The van der Waals surface area contributed by atoms with E-state index < -0.39 is 10.0 Å². The Hall–Kier alpha value is -1.45. The molecule has 3 heterocycles. The van der Waals surface area contributed by atoms with Gasteiger partial charge in [-0.3, -0.25) is 9.48 Å². The number of hydrogen-bond donors (Lipinski definition) is 0. The zero-order chi connectivity index (χ0) is 18.9. The number of carbonyl (C=O) groups is 1. The molecule has 146 valence electrons. The van der Waals surface area contributed by atoms with Crippen molar-refractivity contribution in [3.8, 4) is 0 Å². The minimum atomic E-state index is -3.63. The van der Waals surface area contributed by atoms with Crippen LogP contribution in [0.15, 0.2) is 4.90 Å². The molecular formula is C17H28N4O4S. The molecule has 8 nitrogen and oxygen atoms in total. The van der Waals surface area contributed by atoms with E-state index in [1.54, 1.807) is 13.8 Å². The van der Waals surface area contributed by atoms with Crippen LogP contribution in [0.25, 0.3) is 0 Å². The minimum absolute atomic E-state index is 0.00234. The van der Waals surface area contributed by atoms with Gasteiger partial charge in [0, 0.05) is 26.2 Å². The van der Waals surface area contributed by atoms with E-state index in [0.717, 1.165) is 25.9 Å². The second-order valence-electron chi connectivity index (χ2n) is 7.26. The number of aryl methyl sites for hydroxylation is 1. The molecule has 2 fully saturated rings. The van der Waals surface area contributed by atoms with Gasteiger partial charge in [-0.15, -0.1) is 0 Å². The van der Waals surface area contributed by atoms with Crippen molar-refractivity contribution in [1.82, 2.24) is 19.0 Å². The number of aromatic nitrogens is 2. The standard InChI is InChI=1S/C17H28N4O4S/c1-13-5-4-6-19(11-13)16(22)12-21-15(3)17(14(2)18-21)26(23,24)20-7-9-25-10-8-20/h13H,4-12H2,1-3H3. The Bertz CT molecular complexity index is 768. The molecule has 1 unspecified atom stereocenters. The van der Waals surface area contributed by atoms with E-state index in [4.69, 9.17) is 4.74 Å². The van der Waals surface area contributed by atoms with E-state index in [1.165, 1.54) is 8.99 Å². The van der Waals surface area contributed by atoms with Crippen LogP contribution in [0.1, 0.15) is 31.2 Å². The lowest BCUT2D eigenvalue weighted by Gasteiger charge is -2.31. The molecule has 0 aromatic carbocycles. The van der Waals surface area contributed by atoms with Gasteiger partial charge in [0.2, 0.25) is 15.9 Å². The minimum Gasteiger partial charge on any atom is -0.379 e. The van der Waals surface area contributed by atoms with Crippen LogP contribution in [0.2, 0.25) is 0 Å². The van der Waals surface area contributed by atoms with Crippen LogP contribution in [0.5, 0.6) is 0 Å². The monoisotopic (exact) mass is 384 g/mol. The largest absolute Gasteiger partial charge is 0.379 e. The molecule has 1 aromatic rings. The van der Waals surface area contributed by atoms with Crippen LogP contribution in [0.4, 0.5) is 0 Å². The van der Waals surface area contributed by atoms with Gasteiger partial charge in [0.15, 0.2) is 0 Å². The zero-order valence-electron chi connectivity index (χ0n) is 15.8. The second-order valence-corrected chi connectivity index (χ2v) is 9.14. The molecule has 1 amide bonds. The van der Waals surface area contributed by atoms with E-state index in [-0.39, 0.29) is 17.3 Å². The lowest BCUT2D eigenvalue weighted by Crippen LogP contribution is -2.41. The summed E-state index contributed by atoms with van der Waals surface area (Å²) in [5.41, 5.74) is 0.959. The third-order valence-electron chi connectivity index (χ3n) is 5.18. The molecular weight excluding hydrogens is 356 g/mol. The molecule has 2 aliphatic rings. The summed E-state index contributed by atoms with van der Waals surface area (Å²) < 4.78 is 34.2. The van der Waals surface area contributed by atoms with Crippen molar-refractivity contribution >= 4 is 15.9 Å². The molecule has 0 spiro atoms. The predicted molar refractivity (Wildman–Crippen MR) is 96.3 cm³/mol. The Morgan fingerprint density at radius 2 is 1.92 bits per heavy atom. The number of hydrogen-bond acceptors (Lipinski definition) is 5. The predicted octanol–water partition coefficient (Wildman–Crippen LogP) is 0.779. The molecule has 0 bridgehead atoms. The highest BCUT2D eigenvalue weighted by Gasteiger charge is 2.32. The fourth-order valence-electron chi connectivity index (χ4n) is 3.77. The maximum atomic E-state index is 13.0. The van der Waals surface area contributed by atoms with Crippen molar-refractivity contribution in [2.45, 2.75) is 45.1 Å². The molecule has 0 saturated carbocycles. The van der Waals surface area contributed by atoms with Gasteiger partial charge >= 0.3 is 0 Å². The molecule has 1 aromatic heterocycles. The van der Waals surface area contributed by atoms with Crippen molar-refractivity contribution < 1.29 is 17.9 Å². The molecule has 3 rings (SSSR count). The first kappa shape index (κ1) is 19.3. The van der Waals surface area contributed by atoms with Crippen molar-refractivity contribution in [2.75, 3.05) is 39.4 Å². The average molecular weight is 385 g/mol. The highest BCUT2D eigenvalue weighted by atomic mass is 32.2. The lowest BCUT2D eigenvalue weighted by molar-refractivity contribution is -0.133. The molecule has 1 atom stereocenters. The maximum Gasteiger partial charge on any atom is 0.246 e. The van der Waals surface area contributed by atoms with Gasteiger partial charge in [-0.25, -0.2) is 8.42 Å². The summed E-state index contributed by atoms with van der Waals surface area (Å²) in [5.74, 6) is 0.503. The Kier molecular flexibility index (Phi) is 5.69. The average Bonchev–Trinajstić information content (AvgIpc) is 2.89. The highest BCUT2D eigenvalue weighted by Crippen LogP contribution is 2.24. The Labute approximate surface area is 155 Å². The van der Waals surface area contributed by atoms with Gasteiger partial charge in [0.25, 0.3) is 0 Å². The van der Waals surface area contributed by atoms with Crippen LogP contribution in [-0.2, 0) is 26.1 Å². The number of carbonyl (C=O) groups excluding carboxylic acids is 1. The van der Waals surface area contributed by atoms with Crippen LogP contribution in [0.3, 0.4) is 0 Å². The van der Waals surface area contributed by atoms with Crippen LogP contribution < -0.4 is 0 Å². The first-order valence-corrected chi connectivity index (χ1v) is 10.6. The highest BCUT2D eigenvalue weighted by molar-refractivity contribution is 7.89. The first-order valence-electron chi connectivity index (χ1n) is 9.20. The fourth-order valence-corrected chi connectivity index (χ4v) is 5.55. The van der Waals surface area contributed by atoms with E-state index in [1.807, 2.05) is 4.90 Å². The van der Waals surface area contributed by atoms with E-state index in [0.29, 0.717) is 43.6 Å². The number of nitrogens with zero attached hydrogens (tertiary/aromatic N) is 4. The van der Waals surface area contributed by atoms with Gasteiger partial charge in [-0.1, -0.05) is 6.92 Å². The molecule has 2 saturated heterocycles. The summed E-state index contributed by atoms with van der Waals surface area (Å²) in [6.45, 7) is 8.65. The van der Waals surface area contributed by atoms with Gasteiger partial charge < -0.3 is 9.64 Å². The Morgan fingerprint density at radius 3 is 2.58 bits per heavy atom. The van der Waals surface area contributed by atoms with Crippen LogP contribution >= 0.6 is 0 Å². The van der Waals surface area contributed by atoms with Gasteiger partial charge in [-0.2, -0.15) is 9.40 Å². The normalized spacial score (nSPS) is 22.6. The van der Waals surface area contributed by atoms with E-state index in [2.05, 4.69) is 12.0 Å². The maximum absolute atomic E-state index is 13.0. The summed E-state index contributed by atoms with van der Waals surface area (Å²) >= 11 is 0. The number of piperidine rings is 1. The van der Waals surface area contributed by atoms with E-state index in [9.17, 15) is 13.2 Å². The van der Waals surface area contributed by atoms with Crippen LogP contribution in [-0.4, -0.2) is 72.7 Å². The number of morpholine rings is 1. The van der Waals surface area contributed by atoms with Crippen molar-refractivity contribution in [1.29, 1.82) is 0 Å². The van der Waals surface area contributed by atoms with Gasteiger partial charge in [0.1, 0.15) is 11.4 Å². The number of rotatable bonds is 4. The zero-order valence-corrected chi connectivity index (χ0v) is 16.6. The fraction of sp³-hybridized carbons (Fsp3) is 0.765. The summed E-state index contributed by atoms with van der Waals surface area (Å²) in [6.07, 6.45) is 2.16. The van der Waals surface area contributed by atoms with E-state index >= 15 is 0 Å². The van der Waals surface area contributed by atoms with Crippen molar-refractivity contribution in [2.24, 2.45) is 5.92 Å². The smallest absolute Gasteiger partial charge is 0.246 e. The number of ether oxygens (including phenoxy) is 1. The van der Waals surface area contributed by atoms with Gasteiger partial charge in [-0.05, 0) is 32.6 Å². The summed E-state index contributed by atoms with van der Waals surface area (Å²) in [4.78, 5) is 14.7. The number of likely N-dealkylation sites (tertiary alicyclic amines) is 1. The van der Waals surface area contributed by atoms with Crippen molar-refractivity contribution in [3.05, 3.63) is 11.4 Å². The summed E-state index contributed by atoms with van der Waals surface area (Å²) in [5, 5.41) is 4.36. The third-order valence-corrected chi connectivity index (χ3v) is 7.33. The van der Waals surface area contributed by atoms with Gasteiger partial charge in [0.05, 0.1) is 24.6 Å². The molecule has 2 aliphatic heterocycles. The Morgan fingerprint density at radius 1 is 1.23 bits per heavy atom. The van der Waals surface area contributed by atoms with Crippen molar-refractivity contribution in [3.63, 3.8) is 0 Å². The molecule has 0 aliphatic carbocycles.